The summed E-state index contributed by atoms with van der Waals surface area (Å²) in [6, 6.07) is 44.9. The Kier molecular flexibility index (Phi) is 5.34. The summed E-state index contributed by atoms with van der Waals surface area (Å²) in [6.07, 6.45) is 0. The molecule has 0 nitrogen and oxygen atoms in total. The van der Waals surface area contributed by atoms with Crippen LogP contribution < -0.4 is 5.19 Å². The van der Waals surface area contributed by atoms with E-state index in [1.807, 2.05) is 0 Å². The molecule has 145 valence electrons. The Morgan fingerprint density at radius 1 is 0.355 bits per heavy atom. The summed E-state index contributed by atoms with van der Waals surface area (Å²) in [7, 11) is 4.07. The van der Waals surface area contributed by atoms with E-state index in [1.54, 1.807) is 0 Å². The molecule has 0 aliphatic heterocycles. The molecule has 0 aromatic heterocycles. The third-order valence-corrected chi connectivity index (χ3v) is 6.14. The molecule has 0 fully saturated rings. The van der Waals surface area contributed by atoms with Crippen molar-refractivity contribution < 1.29 is 0 Å². The van der Waals surface area contributed by atoms with Gasteiger partial charge >= 0.3 is 0 Å². The van der Waals surface area contributed by atoms with Gasteiger partial charge in [-0.25, -0.2) is 0 Å². The fourth-order valence-electron chi connectivity index (χ4n) is 4.17. The van der Waals surface area contributed by atoms with E-state index in [-0.39, 0.29) is 0 Å². The van der Waals surface area contributed by atoms with Gasteiger partial charge in [0, 0.05) is 0 Å². The van der Waals surface area contributed by atoms with Crippen molar-refractivity contribution in [2.24, 2.45) is 0 Å². The Hall–Kier alpha value is -3.68. The highest BCUT2D eigenvalue weighted by molar-refractivity contribution is 6.41. The van der Waals surface area contributed by atoms with Crippen LogP contribution in [0.25, 0.3) is 44.5 Å². The average molecular weight is 410 g/mol. The first kappa shape index (κ1) is 19.3. The van der Waals surface area contributed by atoms with Crippen LogP contribution in [0.1, 0.15) is 0 Å². The van der Waals surface area contributed by atoms with Crippen LogP contribution in [0.5, 0.6) is 0 Å². The molecule has 5 aromatic rings. The van der Waals surface area contributed by atoms with Gasteiger partial charge in [0.2, 0.25) is 0 Å². The fraction of sp³-hybridized carbons (Fsp3) is 0. The third kappa shape index (κ3) is 3.76. The topological polar surface area (TPSA) is 0 Å². The fourth-order valence-corrected chi connectivity index (χ4v) is 4.66. The molecule has 0 aliphatic rings. The van der Waals surface area contributed by atoms with Gasteiger partial charge in [0.25, 0.3) is 0 Å². The van der Waals surface area contributed by atoms with Gasteiger partial charge in [-0.3, -0.25) is 0 Å². The van der Waals surface area contributed by atoms with Crippen molar-refractivity contribution in [3.8, 4) is 44.5 Å². The molecule has 5 aromatic carbocycles. The monoisotopic (exact) mass is 409 g/mol. The Morgan fingerprint density at radius 2 is 0.710 bits per heavy atom. The lowest BCUT2D eigenvalue weighted by molar-refractivity contribution is 1.56. The summed E-state index contributed by atoms with van der Waals surface area (Å²) in [5.41, 5.74) is 9.68. The summed E-state index contributed by atoms with van der Waals surface area (Å²) in [5.74, 6) is 0. The van der Waals surface area contributed by atoms with Gasteiger partial charge < -0.3 is 0 Å². The molecule has 0 amide bonds. The molecule has 3 radical (unpaired) electrons. The smallest absolute Gasteiger partial charge is 0.0622 e. The molecule has 5 rings (SSSR count). The highest BCUT2D eigenvalue weighted by atomic mass is 28.1. The van der Waals surface area contributed by atoms with E-state index in [1.165, 1.54) is 44.5 Å². The van der Waals surface area contributed by atoms with Crippen LogP contribution in [0.15, 0.2) is 127 Å². The van der Waals surface area contributed by atoms with E-state index in [4.69, 9.17) is 0 Å². The van der Waals surface area contributed by atoms with Crippen LogP contribution in [0.3, 0.4) is 0 Å². The van der Waals surface area contributed by atoms with Crippen LogP contribution in [0.4, 0.5) is 0 Å². The van der Waals surface area contributed by atoms with Gasteiger partial charge in [-0.1, -0.05) is 127 Å². The molecule has 1 heteroatoms. The summed E-state index contributed by atoms with van der Waals surface area (Å²) < 4.78 is 0. The second kappa shape index (κ2) is 8.59. The number of benzene rings is 5. The van der Waals surface area contributed by atoms with Gasteiger partial charge in [-0.2, -0.15) is 0 Å². The summed E-state index contributed by atoms with van der Waals surface area (Å²) in [6.45, 7) is 0. The zero-order chi connectivity index (χ0) is 21.0. The predicted molar refractivity (Wildman–Crippen MR) is 134 cm³/mol. The number of rotatable bonds is 4. The molecule has 0 aliphatic carbocycles. The normalized spacial score (nSPS) is 10.7. The van der Waals surface area contributed by atoms with Gasteiger partial charge in [-0.15, -0.1) is 0 Å². The zero-order valence-corrected chi connectivity index (χ0v) is 18.1. The maximum Gasteiger partial charge on any atom is 0.0729 e. The molecule has 0 saturated heterocycles. The Balaban J connectivity index is 1.93. The van der Waals surface area contributed by atoms with Crippen LogP contribution in [-0.2, 0) is 0 Å². The molecule has 0 bridgehead atoms. The van der Waals surface area contributed by atoms with Crippen LogP contribution >= 0.6 is 0 Å². The van der Waals surface area contributed by atoms with Crippen LogP contribution in [-0.4, -0.2) is 10.2 Å². The molecular weight excluding hydrogens is 388 g/mol. The van der Waals surface area contributed by atoms with Crippen molar-refractivity contribution in [3.05, 3.63) is 127 Å². The Morgan fingerprint density at radius 3 is 1.16 bits per heavy atom. The zero-order valence-electron chi connectivity index (χ0n) is 17.1. The highest BCUT2D eigenvalue weighted by Crippen LogP contribution is 2.41. The van der Waals surface area contributed by atoms with Crippen molar-refractivity contribution in [1.29, 1.82) is 0 Å². The SMILES string of the molecule is [Si]c1c(-c2ccccc2)cc(-c2ccccc2)c(-c2ccccc2)c1-c1ccccc1. The van der Waals surface area contributed by atoms with Crippen molar-refractivity contribution in [2.75, 3.05) is 0 Å². The highest BCUT2D eigenvalue weighted by Gasteiger charge is 2.20. The van der Waals surface area contributed by atoms with E-state index < -0.39 is 0 Å². The quantitative estimate of drug-likeness (QED) is 0.277. The van der Waals surface area contributed by atoms with Gasteiger partial charge in [0.15, 0.2) is 0 Å². The average Bonchev–Trinajstić information content (AvgIpc) is 2.86. The molecule has 0 N–H and O–H groups in total. The largest absolute Gasteiger partial charge is 0.0729 e. The summed E-state index contributed by atoms with van der Waals surface area (Å²) in [5, 5.41) is 1.11. The predicted octanol–water partition coefficient (Wildman–Crippen LogP) is 7.15. The van der Waals surface area contributed by atoms with E-state index in [0.29, 0.717) is 0 Å². The lowest BCUT2D eigenvalue weighted by Gasteiger charge is -2.22. The second-order valence-electron chi connectivity index (χ2n) is 7.56. The molecule has 31 heavy (non-hydrogen) atoms. The Labute approximate surface area is 187 Å². The lowest BCUT2D eigenvalue weighted by Crippen LogP contribution is -2.13. The van der Waals surface area contributed by atoms with E-state index in [2.05, 4.69) is 138 Å². The lowest BCUT2D eigenvalue weighted by atomic mass is 9.84. The second-order valence-corrected chi connectivity index (χ2v) is 8.06. The standard InChI is InChI=1S/C30H21Si/c31-30-27(23-15-7-2-8-16-23)21-26(22-13-5-1-6-14-22)28(24-17-9-3-10-18-24)29(30)25-19-11-4-12-20-25/h1-21H. The maximum atomic E-state index is 4.07. The third-order valence-electron chi connectivity index (χ3n) is 5.62. The number of hydrogen-bond donors (Lipinski definition) is 0. The van der Waals surface area contributed by atoms with Gasteiger partial charge in [0.1, 0.15) is 0 Å². The van der Waals surface area contributed by atoms with Crippen molar-refractivity contribution in [1.82, 2.24) is 0 Å². The molecule has 0 heterocycles. The molecule has 0 spiro atoms. The minimum Gasteiger partial charge on any atom is -0.0622 e. The Bertz CT molecular complexity index is 1290. The van der Waals surface area contributed by atoms with Crippen LogP contribution in [0.2, 0.25) is 0 Å². The molecular formula is C30H21Si. The van der Waals surface area contributed by atoms with E-state index >= 15 is 0 Å². The van der Waals surface area contributed by atoms with Gasteiger partial charge in [-0.05, 0) is 50.6 Å². The molecule has 0 unspecified atom stereocenters. The minimum atomic E-state index is 1.11. The first-order valence-electron chi connectivity index (χ1n) is 10.5. The van der Waals surface area contributed by atoms with E-state index in [9.17, 15) is 0 Å². The molecule has 0 atom stereocenters. The summed E-state index contributed by atoms with van der Waals surface area (Å²) >= 11 is 0. The van der Waals surface area contributed by atoms with E-state index in [0.717, 1.165) is 5.19 Å². The number of hydrogen-bond acceptors (Lipinski definition) is 0. The van der Waals surface area contributed by atoms with Crippen molar-refractivity contribution in [3.63, 3.8) is 0 Å². The first-order valence-corrected chi connectivity index (χ1v) is 11.0. The van der Waals surface area contributed by atoms with Gasteiger partial charge in [0.05, 0.1) is 10.2 Å². The van der Waals surface area contributed by atoms with Crippen LogP contribution in [0, 0.1) is 0 Å². The molecule has 0 saturated carbocycles. The first-order chi connectivity index (χ1) is 15.3. The maximum absolute atomic E-state index is 4.07. The van der Waals surface area contributed by atoms with Crippen molar-refractivity contribution >= 4 is 15.4 Å². The van der Waals surface area contributed by atoms with Crippen molar-refractivity contribution in [2.45, 2.75) is 0 Å². The minimum absolute atomic E-state index is 1.11. The summed E-state index contributed by atoms with van der Waals surface area (Å²) in [4.78, 5) is 0.